The third-order valence-electron chi connectivity index (χ3n) is 2.06. The van der Waals surface area contributed by atoms with E-state index in [1.54, 1.807) is 19.1 Å². The zero-order valence-electron chi connectivity index (χ0n) is 10.1. The summed E-state index contributed by atoms with van der Waals surface area (Å²) in [6.07, 6.45) is 1.03. The molecule has 4 heteroatoms. The van der Waals surface area contributed by atoms with E-state index >= 15 is 0 Å². The summed E-state index contributed by atoms with van der Waals surface area (Å²) in [5.41, 5.74) is 4.28. The molecule has 1 rings (SSSR count). The molecule has 1 aromatic carbocycles. The summed E-state index contributed by atoms with van der Waals surface area (Å²) >= 11 is 0. The van der Waals surface area contributed by atoms with Gasteiger partial charge in [-0.1, -0.05) is 19.1 Å². The predicted octanol–water partition coefficient (Wildman–Crippen LogP) is 1.71. The molecular weight excluding hydrogens is 202 g/mol. The second kappa shape index (κ2) is 6.12. The molecule has 0 saturated heterocycles. The molecule has 4 nitrogen and oxygen atoms in total. The van der Waals surface area contributed by atoms with Crippen LogP contribution in [0.15, 0.2) is 24.3 Å². The molecule has 0 heterocycles. The average Bonchev–Trinajstić information content (AvgIpc) is 2.25. The molecule has 0 aliphatic heterocycles. The number of amides is 1. The first-order chi connectivity index (χ1) is 7.65. The summed E-state index contributed by atoms with van der Waals surface area (Å²) < 4.78 is 0. The maximum atomic E-state index is 11.8. The summed E-state index contributed by atoms with van der Waals surface area (Å²) in [6, 6.07) is 7.52. The fraction of sp³-hybridized carbons (Fsp3) is 0.417. The van der Waals surface area contributed by atoms with Crippen molar-refractivity contribution in [3.63, 3.8) is 0 Å². The minimum atomic E-state index is -0.0933. The molecule has 16 heavy (non-hydrogen) atoms. The van der Waals surface area contributed by atoms with Crippen LogP contribution in [0.1, 0.15) is 23.7 Å². The molecule has 0 bridgehead atoms. The van der Waals surface area contributed by atoms with Gasteiger partial charge < -0.3 is 5.32 Å². The number of anilines is 1. The molecule has 0 aliphatic carbocycles. The van der Waals surface area contributed by atoms with Gasteiger partial charge in [0.25, 0.3) is 5.91 Å². The molecule has 0 spiro atoms. The molecule has 88 valence electrons. The van der Waals surface area contributed by atoms with E-state index in [1.807, 2.05) is 24.3 Å². The van der Waals surface area contributed by atoms with Crippen LogP contribution in [-0.2, 0) is 0 Å². The molecule has 0 aliphatic rings. The van der Waals surface area contributed by atoms with Crippen LogP contribution in [-0.4, -0.2) is 31.6 Å². The van der Waals surface area contributed by atoms with Gasteiger partial charge in [0.2, 0.25) is 0 Å². The van der Waals surface area contributed by atoms with Gasteiger partial charge in [0.15, 0.2) is 0 Å². The number of nitrogens with one attached hydrogen (secondary N) is 2. The Morgan fingerprint density at radius 1 is 1.31 bits per heavy atom. The number of carbonyl (C=O) groups is 1. The maximum Gasteiger partial charge on any atom is 0.267 e. The Morgan fingerprint density at radius 3 is 2.62 bits per heavy atom. The lowest BCUT2D eigenvalue weighted by Gasteiger charge is -2.15. The number of hydrogen-bond acceptors (Lipinski definition) is 3. The lowest BCUT2D eigenvalue weighted by molar-refractivity contribution is 0.0858. The van der Waals surface area contributed by atoms with Crippen LogP contribution in [0.3, 0.4) is 0 Å². The third-order valence-corrected chi connectivity index (χ3v) is 2.06. The number of para-hydroxylation sites is 1. The normalized spacial score (nSPS) is 10.2. The van der Waals surface area contributed by atoms with Crippen LogP contribution < -0.4 is 10.7 Å². The summed E-state index contributed by atoms with van der Waals surface area (Å²) in [7, 11) is 3.58. The van der Waals surface area contributed by atoms with Crippen molar-refractivity contribution >= 4 is 11.6 Å². The van der Waals surface area contributed by atoms with Crippen molar-refractivity contribution < 1.29 is 4.79 Å². The topological polar surface area (TPSA) is 44.4 Å². The number of hydrazine groups is 1. The van der Waals surface area contributed by atoms with E-state index in [-0.39, 0.29) is 5.91 Å². The SMILES string of the molecule is CCCNc1ccccc1C(=O)NN(C)C. The zero-order valence-corrected chi connectivity index (χ0v) is 10.1. The summed E-state index contributed by atoms with van der Waals surface area (Å²) in [5, 5.41) is 4.88. The van der Waals surface area contributed by atoms with Gasteiger partial charge in [-0.05, 0) is 18.6 Å². The Morgan fingerprint density at radius 2 is 2.00 bits per heavy atom. The first kappa shape index (κ1) is 12.5. The van der Waals surface area contributed by atoms with Gasteiger partial charge in [-0.25, -0.2) is 5.01 Å². The second-order valence-corrected chi connectivity index (χ2v) is 3.81. The van der Waals surface area contributed by atoms with E-state index < -0.39 is 0 Å². The van der Waals surface area contributed by atoms with Gasteiger partial charge in [-0.2, -0.15) is 0 Å². The monoisotopic (exact) mass is 221 g/mol. The molecule has 0 fully saturated rings. The lowest BCUT2D eigenvalue weighted by atomic mass is 10.1. The number of benzene rings is 1. The molecule has 1 aromatic rings. The van der Waals surface area contributed by atoms with Crippen molar-refractivity contribution in [3.8, 4) is 0 Å². The maximum absolute atomic E-state index is 11.8. The summed E-state index contributed by atoms with van der Waals surface area (Å²) in [5.74, 6) is -0.0933. The Kier molecular flexibility index (Phi) is 4.79. The van der Waals surface area contributed by atoms with Gasteiger partial charge in [0, 0.05) is 26.3 Å². The highest BCUT2D eigenvalue weighted by Gasteiger charge is 2.10. The van der Waals surface area contributed by atoms with Crippen molar-refractivity contribution in [3.05, 3.63) is 29.8 Å². The number of nitrogens with zero attached hydrogens (tertiary/aromatic N) is 1. The van der Waals surface area contributed by atoms with Crippen LogP contribution in [0.4, 0.5) is 5.69 Å². The molecule has 0 aromatic heterocycles. The third kappa shape index (κ3) is 3.55. The minimum absolute atomic E-state index is 0.0933. The van der Waals surface area contributed by atoms with Crippen molar-refractivity contribution in [1.29, 1.82) is 0 Å². The second-order valence-electron chi connectivity index (χ2n) is 3.81. The Hall–Kier alpha value is -1.55. The molecule has 0 saturated carbocycles. The van der Waals surface area contributed by atoms with E-state index in [0.717, 1.165) is 18.7 Å². The fourth-order valence-electron chi connectivity index (χ4n) is 1.36. The van der Waals surface area contributed by atoms with Crippen molar-refractivity contribution in [2.75, 3.05) is 26.0 Å². The van der Waals surface area contributed by atoms with E-state index in [4.69, 9.17) is 0 Å². The standard InChI is InChI=1S/C12H19N3O/c1-4-9-13-11-8-6-5-7-10(11)12(16)14-15(2)3/h5-8,13H,4,9H2,1-3H3,(H,14,16). The van der Waals surface area contributed by atoms with Gasteiger partial charge in [-0.15, -0.1) is 0 Å². The minimum Gasteiger partial charge on any atom is -0.384 e. The fourth-order valence-corrected chi connectivity index (χ4v) is 1.36. The van der Waals surface area contributed by atoms with Gasteiger partial charge in [-0.3, -0.25) is 10.2 Å². The Labute approximate surface area is 96.6 Å². The summed E-state index contributed by atoms with van der Waals surface area (Å²) in [4.78, 5) is 11.8. The number of hydrogen-bond donors (Lipinski definition) is 2. The van der Waals surface area contributed by atoms with Crippen LogP contribution in [0.2, 0.25) is 0 Å². The highest BCUT2D eigenvalue weighted by Crippen LogP contribution is 2.14. The highest BCUT2D eigenvalue weighted by atomic mass is 16.2. The number of carbonyl (C=O) groups excluding carboxylic acids is 1. The first-order valence-corrected chi connectivity index (χ1v) is 5.46. The number of rotatable bonds is 5. The van der Waals surface area contributed by atoms with Crippen LogP contribution in [0, 0.1) is 0 Å². The van der Waals surface area contributed by atoms with Gasteiger partial charge >= 0.3 is 0 Å². The van der Waals surface area contributed by atoms with Crippen LogP contribution in [0.5, 0.6) is 0 Å². The molecule has 0 unspecified atom stereocenters. The van der Waals surface area contributed by atoms with Gasteiger partial charge in [0.1, 0.15) is 0 Å². The van der Waals surface area contributed by atoms with Crippen LogP contribution in [0.25, 0.3) is 0 Å². The van der Waals surface area contributed by atoms with Gasteiger partial charge in [0.05, 0.1) is 5.56 Å². The average molecular weight is 221 g/mol. The zero-order chi connectivity index (χ0) is 12.0. The molecule has 1 amide bonds. The van der Waals surface area contributed by atoms with E-state index in [9.17, 15) is 4.79 Å². The molecule has 0 atom stereocenters. The predicted molar refractivity (Wildman–Crippen MR) is 66.4 cm³/mol. The summed E-state index contributed by atoms with van der Waals surface area (Å²) in [6.45, 7) is 2.96. The van der Waals surface area contributed by atoms with E-state index in [2.05, 4.69) is 17.7 Å². The van der Waals surface area contributed by atoms with Crippen molar-refractivity contribution in [1.82, 2.24) is 10.4 Å². The van der Waals surface area contributed by atoms with Crippen molar-refractivity contribution in [2.24, 2.45) is 0 Å². The Balaban J connectivity index is 2.81. The highest BCUT2D eigenvalue weighted by molar-refractivity contribution is 5.99. The molecular formula is C12H19N3O. The largest absolute Gasteiger partial charge is 0.384 e. The lowest BCUT2D eigenvalue weighted by Crippen LogP contribution is -2.36. The molecule has 0 radical (unpaired) electrons. The van der Waals surface area contributed by atoms with E-state index in [0.29, 0.717) is 5.56 Å². The van der Waals surface area contributed by atoms with Crippen molar-refractivity contribution in [2.45, 2.75) is 13.3 Å². The smallest absolute Gasteiger partial charge is 0.267 e. The van der Waals surface area contributed by atoms with Crippen LogP contribution >= 0.6 is 0 Å². The molecule has 2 N–H and O–H groups in total. The van der Waals surface area contributed by atoms with E-state index in [1.165, 1.54) is 0 Å². The first-order valence-electron chi connectivity index (χ1n) is 5.46. The quantitative estimate of drug-likeness (QED) is 0.744. The Bertz CT molecular complexity index is 350.